The number of nitrogens with zero attached hydrogens (tertiary/aromatic N) is 4. The molecule has 0 radical (unpaired) electrons. The second kappa shape index (κ2) is 7.14. The van der Waals surface area contributed by atoms with Gasteiger partial charge in [-0.2, -0.15) is 10.2 Å². The Hall–Kier alpha value is -2.19. The topological polar surface area (TPSA) is 64.7 Å². The molecule has 0 aliphatic carbocycles. The van der Waals surface area contributed by atoms with Crippen molar-refractivity contribution < 1.29 is 9.18 Å². The maximum Gasteiger partial charge on any atom is 0.247 e. The highest BCUT2D eigenvalue weighted by Crippen LogP contribution is 2.20. The third-order valence-corrected chi connectivity index (χ3v) is 3.80. The Morgan fingerprint density at radius 3 is 2.88 bits per heavy atom. The number of nitrogens with one attached hydrogen (secondary N) is 1. The van der Waals surface area contributed by atoms with Crippen LogP contribution in [-0.4, -0.2) is 25.5 Å². The molecule has 0 aliphatic rings. The number of benzene rings is 1. The quantitative estimate of drug-likeness (QED) is 0.699. The first-order valence-electron chi connectivity index (χ1n) is 6.95. The summed E-state index contributed by atoms with van der Waals surface area (Å²) in [5, 5.41) is 11.2. The average molecular weight is 413 g/mol. The van der Waals surface area contributed by atoms with Gasteiger partial charge in [0.25, 0.3) is 0 Å². The van der Waals surface area contributed by atoms with Crippen molar-refractivity contribution in [3.8, 4) is 0 Å². The highest BCUT2D eigenvalue weighted by Gasteiger charge is 2.12. The number of anilines is 1. The van der Waals surface area contributed by atoms with Crippen LogP contribution in [-0.2, 0) is 17.9 Å². The molecule has 3 aromatic rings. The van der Waals surface area contributed by atoms with E-state index in [0.29, 0.717) is 11.6 Å². The third-order valence-electron chi connectivity index (χ3n) is 3.12. The van der Waals surface area contributed by atoms with Crippen LogP contribution in [0.25, 0.3) is 0 Å². The lowest BCUT2D eigenvalue weighted by Crippen LogP contribution is -2.19. The van der Waals surface area contributed by atoms with Crippen molar-refractivity contribution in [2.75, 3.05) is 5.32 Å². The van der Waals surface area contributed by atoms with Crippen LogP contribution < -0.4 is 5.32 Å². The van der Waals surface area contributed by atoms with Gasteiger partial charge in [0, 0.05) is 12.4 Å². The number of aromatic nitrogens is 4. The van der Waals surface area contributed by atoms with Crippen molar-refractivity contribution in [2.45, 2.75) is 13.1 Å². The van der Waals surface area contributed by atoms with Crippen molar-refractivity contribution in [3.63, 3.8) is 0 Å². The van der Waals surface area contributed by atoms with Gasteiger partial charge >= 0.3 is 0 Å². The number of hydrogen-bond acceptors (Lipinski definition) is 3. The summed E-state index contributed by atoms with van der Waals surface area (Å²) in [7, 11) is 0. The fraction of sp³-hybridized carbons (Fsp3) is 0.133. The maximum atomic E-state index is 13.2. The van der Waals surface area contributed by atoms with E-state index in [-0.39, 0.29) is 24.1 Å². The minimum atomic E-state index is -0.315. The summed E-state index contributed by atoms with van der Waals surface area (Å²) in [5.74, 6) is -0.363. The number of halogens is 3. The van der Waals surface area contributed by atoms with E-state index in [2.05, 4.69) is 31.4 Å². The van der Waals surface area contributed by atoms with Crippen LogP contribution in [0.4, 0.5) is 10.2 Å². The van der Waals surface area contributed by atoms with Gasteiger partial charge in [-0.3, -0.25) is 14.2 Å². The summed E-state index contributed by atoms with van der Waals surface area (Å²) >= 11 is 9.35. The highest BCUT2D eigenvalue weighted by atomic mass is 79.9. The summed E-state index contributed by atoms with van der Waals surface area (Å²) in [5.41, 5.74) is 0.744. The molecular formula is C15H12BrClFN5O. The molecule has 0 aliphatic heterocycles. The normalized spacial score (nSPS) is 10.8. The molecule has 0 bridgehead atoms. The van der Waals surface area contributed by atoms with Gasteiger partial charge in [0.15, 0.2) is 5.82 Å². The van der Waals surface area contributed by atoms with Gasteiger partial charge in [0.1, 0.15) is 17.4 Å². The lowest BCUT2D eigenvalue weighted by molar-refractivity contribution is -0.116. The number of hydrogen-bond donors (Lipinski definition) is 1. The first-order chi connectivity index (χ1) is 11.5. The van der Waals surface area contributed by atoms with E-state index in [1.165, 1.54) is 21.5 Å². The van der Waals surface area contributed by atoms with Crippen LogP contribution in [0.3, 0.4) is 0 Å². The Kier molecular flexibility index (Phi) is 4.96. The van der Waals surface area contributed by atoms with Crippen molar-refractivity contribution in [3.05, 3.63) is 63.7 Å². The predicted molar refractivity (Wildman–Crippen MR) is 91.3 cm³/mol. The Morgan fingerprint density at radius 2 is 2.17 bits per heavy atom. The standard InChI is InChI=1S/C15H12BrClFN5O/c16-11-5-19-22(7-11)9-14(24)20-15-13(17)8-23(21-15)6-10-2-1-3-12(18)4-10/h1-5,7-8H,6,9H2,(H,20,21,24). The van der Waals surface area contributed by atoms with Gasteiger partial charge in [-0.25, -0.2) is 4.39 Å². The summed E-state index contributed by atoms with van der Waals surface area (Å²) in [4.78, 5) is 12.0. The van der Waals surface area contributed by atoms with E-state index >= 15 is 0 Å². The molecule has 2 heterocycles. The number of carbonyl (C=O) groups excluding carboxylic acids is 1. The van der Waals surface area contributed by atoms with E-state index in [1.807, 2.05) is 0 Å². The van der Waals surface area contributed by atoms with Crippen LogP contribution in [0, 0.1) is 5.82 Å². The summed E-state index contributed by atoms with van der Waals surface area (Å²) in [6.45, 7) is 0.387. The SMILES string of the molecule is O=C(Cn1cc(Br)cn1)Nc1nn(Cc2cccc(F)c2)cc1Cl. The van der Waals surface area contributed by atoms with Crippen molar-refractivity contribution in [1.82, 2.24) is 19.6 Å². The molecule has 1 amide bonds. The Balaban J connectivity index is 1.66. The highest BCUT2D eigenvalue weighted by molar-refractivity contribution is 9.10. The van der Waals surface area contributed by atoms with E-state index in [9.17, 15) is 9.18 Å². The van der Waals surface area contributed by atoms with Crippen molar-refractivity contribution in [2.24, 2.45) is 0 Å². The van der Waals surface area contributed by atoms with Gasteiger partial charge in [0.05, 0.1) is 17.2 Å². The molecule has 24 heavy (non-hydrogen) atoms. The van der Waals surface area contributed by atoms with Gasteiger partial charge in [-0.05, 0) is 33.6 Å². The number of carbonyl (C=O) groups is 1. The minimum Gasteiger partial charge on any atom is -0.306 e. The van der Waals surface area contributed by atoms with Crippen LogP contribution in [0.15, 0.2) is 47.3 Å². The van der Waals surface area contributed by atoms with Crippen LogP contribution >= 0.6 is 27.5 Å². The smallest absolute Gasteiger partial charge is 0.247 e. The summed E-state index contributed by atoms with van der Waals surface area (Å²) < 4.78 is 17.0. The van der Waals surface area contributed by atoms with E-state index in [4.69, 9.17) is 11.6 Å². The van der Waals surface area contributed by atoms with Gasteiger partial charge in [-0.1, -0.05) is 23.7 Å². The molecule has 3 rings (SSSR count). The third kappa shape index (κ3) is 4.21. The van der Waals surface area contributed by atoms with Crippen molar-refractivity contribution >= 4 is 39.3 Å². The lowest BCUT2D eigenvalue weighted by atomic mass is 10.2. The van der Waals surface area contributed by atoms with Crippen LogP contribution in [0.1, 0.15) is 5.56 Å². The largest absolute Gasteiger partial charge is 0.306 e. The first kappa shape index (κ1) is 16.7. The Morgan fingerprint density at radius 1 is 1.33 bits per heavy atom. The molecule has 0 fully saturated rings. The van der Waals surface area contributed by atoms with Crippen molar-refractivity contribution in [1.29, 1.82) is 0 Å². The minimum absolute atomic E-state index is 0.0404. The molecule has 1 N–H and O–H groups in total. The second-order valence-electron chi connectivity index (χ2n) is 5.06. The Labute approximate surface area is 150 Å². The van der Waals surface area contributed by atoms with Gasteiger partial charge in [-0.15, -0.1) is 0 Å². The lowest BCUT2D eigenvalue weighted by Gasteiger charge is -2.03. The zero-order valence-corrected chi connectivity index (χ0v) is 14.6. The zero-order chi connectivity index (χ0) is 17.1. The predicted octanol–water partition coefficient (Wildman–Crippen LogP) is 3.32. The molecule has 0 atom stereocenters. The number of amides is 1. The monoisotopic (exact) mass is 411 g/mol. The molecule has 6 nitrogen and oxygen atoms in total. The van der Waals surface area contributed by atoms with Gasteiger partial charge in [0.2, 0.25) is 5.91 Å². The molecule has 0 saturated heterocycles. The molecule has 0 saturated carbocycles. The van der Waals surface area contributed by atoms with E-state index < -0.39 is 0 Å². The van der Waals surface area contributed by atoms with Crippen LogP contribution in [0.5, 0.6) is 0 Å². The molecular weight excluding hydrogens is 401 g/mol. The zero-order valence-electron chi connectivity index (χ0n) is 12.3. The maximum absolute atomic E-state index is 13.2. The summed E-state index contributed by atoms with van der Waals surface area (Å²) in [6.07, 6.45) is 4.85. The summed E-state index contributed by atoms with van der Waals surface area (Å²) in [6, 6.07) is 6.20. The fourth-order valence-electron chi connectivity index (χ4n) is 2.13. The molecule has 0 spiro atoms. The average Bonchev–Trinajstić information content (AvgIpc) is 3.05. The molecule has 9 heteroatoms. The Bertz CT molecular complexity index is 878. The van der Waals surface area contributed by atoms with E-state index in [1.54, 1.807) is 30.7 Å². The van der Waals surface area contributed by atoms with E-state index in [0.717, 1.165) is 10.0 Å². The molecule has 0 unspecified atom stereocenters. The molecule has 124 valence electrons. The molecule has 2 aromatic heterocycles. The van der Waals surface area contributed by atoms with Gasteiger partial charge < -0.3 is 5.32 Å². The van der Waals surface area contributed by atoms with Crippen LogP contribution in [0.2, 0.25) is 5.02 Å². The number of rotatable bonds is 5. The molecule has 1 aromatic carbocycles. The first-order valence-corrected chi connectivity index (χ1v) is 8.12. The second-order valence-corrected chi connectivity index (χ2v) is 6.38. The fourth-order valence-corrected chi connectivity index (χ4v) is 2.65.